The first kappa shape index (κ1) is 10.8. The van der Waals surface area contributed by atoms with E-state index < -0.39 is 5.97 Å². The number of rotatable bonds is 6. The van der Waals surface area contributed by atoms with Gasteiger partial charge in [-0.05, 0) is 12.2 Å². The lowest BCUT2D eigenvalue weighted by Crippen LogP contribution is -2.12. The van der Waals surface area contributed by atoms with Crippen molar-refractivity contribution in [3.63, 3.8) is 0 Å². The van der Waals surface area contributed by atoms with Gasteiger partial charge in [0.1, 0.15) is 0 Å². The summed E-state index contributed by atoms with van der Waals surface area (Å²) in [5.41, 5.74) is 0. The van der Waals surface area contributed by atoms with E-state index in [-0.39, 0.29) is 12.5 Å². The molecule has 0 aliphatic rings. The largest absolute Gasteiger partial charge is 0.481 e. The lowest BCUT2D eigenvalue weighted by molar-refractivity contribution is -0.140. The Balaban J connectivity index is 3.17. The highest BCUT2D eigenvalue weighted by Crippen LogP contribution is 2.08. The molecule has 2 N–H and O–H groups in total. The van der Waals surface area contributed by atoms with Crippen molar-refractivity contribution >= 4 is 17.7 Å². The zero-order valence-corrected chi connectivity index (χ0v) is 7.43. The maximum absolute atomic E-state index is 10.3. The van der Waals surface area contributed by atoms with Crippen LogP contribution >= 0.6 is 11.8 Å². The smallest absolute Gasteiger partial charge is 0.307 e. The molecule has 11 heavy (non-hydrogen) atoms. The lowest BCUT2D eigenvalue weighted by atomic mass is 10.2. The maximum atomic E-state index is 10.3. The molecule has 0 saturated heterocycles. The molecule has 3 nitrogen and oxygen atoms in total. The van der Waals surface area contributed by atoms with Crippen molar-refractivity contribution in [2.24, 2.45) is 5.92 Å². The Morgan fingerprint density at radius 3 is 2.73 bits per heavy atom. The van der Waals surface area contributed by atoms with Crippen LogP contribution in [0.5, 0.6) is 0 Å². The van der Waals surface area contributed by atoms with Crippen LogP contribution in [-0.4, -0.2) is 34.3 Å². The molecule has 0 radical (unpaired) electrons. The SMILES string of the molecule is CC(CSCCCO)C(=O)O. The second-order valence-corrected chi connectivity index (χ2v) is 3.54. The molecule has 0 aromatic heterocycles. The van der Waals surface area contributed by atoms with Crippen LogP contribution in [0.4, 0.5) is 0 Å². The van der Waals surface area contributed by atoms with E-state index in [4.69, 9.17) is 10.2 Å². The number of hydrogen-bond donors (Lipinski definition) is 2. The number of hydrogen-bond acceptors (Lipinski definition) is 3. The molecule has 0 bridgehead atoms. The van der Waals surface area contributed by atoms with Crippen molar-refractivity contribution in [1.82, 2.24) is 0 Å². The van der Waals surface area contributed by atoms with Crippen LogP contribution in [0.2, 0.25) is 0 Å². The summed E-state index contributed by atoms with van der Waals surface area (Å²) in [6.07, 6.45) is 0.747. The quantitative estimate of drug-likeness (QED) is 0.591. The average Bonchev–Trinajstić information content (AvgIpc) is 1.97. The predicted octanol–water partition coefficient (Wildman–Crippen LogP) is 0.823. The van der Waals surface area contributed by atoms with E-state index in [0.717, 1.165) is 12.2 Å². The van der Waals surface area contributed by atoms with Crippen molar-refractivity contribution in [3.05, 3.63) is 0 Å². The van der Waals surface area contributed by atoms with Crippen LogP contribution in [-0.2, 0) is 4.79 Å². The van der Waals surface area contributed by atoms with Gasteiger partial charge in [-0.15, -0.1) is 0 Å². The highest BCUT2D eigenvalue weighted by atomic mass is 32.2. The fraction of sp³-hybridized carbons (Fsp3) is 0.857. The summed E-state index contributed by atoms with van der Waals surface area (Å²) in [5.74, 6) is 0.448. The summed E-state index contributed by atoms with van der Waals surface area (Å²) in [5, 5.41) is 16.9. The minimum absolute atomic E-state index is 0.189. The van der Waals surface area contributed by atoms with Crippen molar-refractivity contribution in [1.29, 1.82) is 0 Å². The highest BCUT2D eigenvalue weighted by molar-refractivity contribution is 7.99. The second-order valence-electron chi connectivity index (χ2n) is 2.39. The van der Waals surface area contributed by atoms with Crippen molar-refractivity contribution in [2.45, 2.75) is 13.3 Å². The third kappa shape index (κ3) is 6.19. The van der Waals surface area contributed by atoms with E-state index >= 15 is 0 Å². The highest BCUT2D eigenvalue weighted by Gasteiger charge is 2.09. The molecule has 0 saturated carbocycles. The Labute approximate surface area is 70.8 Å². The molecule has 1 unspecified atom stereocenters. The van der Waals surface area contributed by atoms with E-state index in [1.165, 1.54) is 0 Å². The van der Waals surface area contributed by atoms with Crippen LogP contribution in [0.25, 0.3) is 0 Å². The van der Waals surface area contributed by atoms with Gasteiger partial charge >= 0.3 is 5.97 Å². The van der Waals surface area contributed by atoms with Crippen molar-refractivity contribution in [3.8, 4) is 0 Å². The molecular formula is C7H14O3S. The molecule has 0 spiro atoms. The lowest BCUT2D eigenvalue weighted by Gasteiger charge is -2.03. The number of carboxylic acid groups (broad SMARTS) is 1. The van der Waals surface area contributed by atoms with Gasteiger partial charge in [0.05, 0.1) is 5.92 Å². The average molecular weight is 178 g/mol. The van der Waals surface area contributed by atoms with Crippen LogP contribution in [0, 0.1) is 5.92 Å². The third-order valence-electron chi connectivity index (χ3n) is 1.24. The minimum atomic E-state index is -0.749. The zero-order chi connectivity index (χ0) is 8.69. The second kappa shape index (κ2) is 6.49. The van der Waals surface area contributed by atoms with Gasteiger partial charge < -0.3 is 10.2 Å². The number of carbonyl (C=O) groups is 1. The van der Waals surface area contributed by atoms with Gasteiger partial charge in [0.15, 0.2) is 0 Å². The van der Waals surface area contributed by atoms with Gasteiger partial charge in [-0.1, -0.05) is 6.92 Å². The summed E-state index contributed by atoms with van der Waals surface area (Å²) >= 11 is 1.57. The van der Waals surface area contributed by atoms with Gasteiger partial charge in [0, 0.05) is 12.4 Å². The monoisotopic (exact) mass is 178 g/mol. The summed E-state index contributed by atoms with van der Waals surface area (Å²) < 4.78 is 0. The number of thioether (sulfide) groups is 1. The molecule has 0 amide bonds. The molecule has 0 aliphatic heterocycles. The van der Waals surface area contributed by atoms with E-state index in [1.807, 2.05) is 0 Å². The molecule has 1 atom stereocenters. The summed E-state index contributed by atoms with van der Waals surface area (Å²) in [4.78, 5) is 10.3. The summed E-state index contributed by atoms with van der Waals surface area (Å²) in [6.45, 7) is 1.88. The van der Waals surface area contributed by atoms with Gasteiger partial charge in [0.2, 0.25) is 0 Å². The van der Waals surface area contributed by atoms with Gasteiger partial charge in [0.25, 0.3) is 0 Å². The molecule has 0 aliphatic carbocycles. The number of aliphatic hydroxyl groups is 1. The maximum Gasteiger partial charge on any atom is 0.307 e. The van der Waals surface area contributed by atoms with Crippen LogP contribution in [0.1, 0.15) is 13.3 Å². The van der Waals surface area contributed by atoms with E-state index in [2.05, 4.69) is 0 Å². The van der Waals surface area contributed by atoms with Gasteiger partial charge in [-0.2, -0.15) is 11.8 Å². The van der Waals surface area contributed by atoms with Crippen molar-refractivity contribution < 1.29 is 15.0 Å². The fourth-order valence-corrected chi connectivity index (χ4v) is 1.49. The van der Waals surface area contributed by atoms with Gasteiger partial charge in [-0.25, -0.2) is 0 Å². The predicted molar refractivity (Wildman–Crippen MR) is 45.8 cm³/mol. The number of aliphatic hydroxyl groups excluding tert-OH is 1. The first-order chi connectivity index (χ1) is 5.18. The molecule has 0 heterocycles. The first-order valence-corrected chi connectivity index (χ1v) is 4.75. The standard InChI is InChI=1S/C7H14O3S/c1-6(7(9)10)5-11-4-2-3-8/h6,8H,2-5H2,1H3,(H,9,10). The van der Waals surface area contributed by atoms with Gasteiger partial charge in [-0.3, -0.25) is 4.79 Å². The molecule has 0 aromatic rings. The molecule has 66 valence electrons. The number of aliphatic carboxylic acids is 1. The van der Waals surface area contributed by atoms with E-state index in [9.17, 15) is 4.79 Å². The Kier molecular flexibility index (Phi) is 6.36. The minimum Gasteiger partial charge on any atom is -0.481 e. The number of carboxylic acids is 1. The Morgan fingerprint density at radius 2 is 2.27 bits per heavy atom. The molecular weight excluding hydrogens is 164 g/mol. The third-order valence-corrected chi connectivity index (χ3v) is 2.55. The Morgan fingerprint density at radius 1 is 1.64 bits per heavy atom. The van der Waals surface area contributed by atoms with Crippen molar-refractivity contribution in [2.75, 3.05) is 18.1 Å². The molecule has 4 heteroatoms. The zero-order valence-electron chi connectivity index (χ0n) is 6.62. The first-order valence-electron chi connectivity index (χ1n) is 3.60. The summed E-state index contributed by atoms with van der Waals surface area (Å²) in [6, 6.07) is 0. The molecule has 0 rings (SSSR count). The fourth-order valence-electron chi connectivity index (χ4n) is 0.498. The topological polar surface area (TPSA) is 57.5 Å². The molecule has 0 aromatic carbocycles. The Bertz CT molecular complexity index is 116. The normalized spacial score (nSPS) is 12.9. The Hall–Kier alpha value is -0.220. The van der Waals surface area contributed by atoms with Crippen LogP contribution < -0.4 is 0 Å². The molecule has 0 fully saturated rings. The van der Waals surface area contributed by atoms with Crippen LogP contribution in [0.15, 0.2) is 0 Å². The van der Waals surface area contributed by atoms with E-state index in [0.29, 0.717) is 5.75 Å². The summed E-state index contributed by atoms with van der Waals surface area (Å²) in [7, 11) is 0. The van der Waals surface area contributed by atoms with Crippen LogP contribution in [0.3, 0.4) is 0 Å². The van der Waals surface area contributed by atoms with E-state index in [1.54, 1.807) is 18.7 Å².